The van der Waals surface area contributed by atoms with Gasteiger partial charge in [-0.25, -0.2) is 4.79 Å². The number of ether oxygens (including phenoxy) is 4. The molecule has 0 spiro atoms. The van der Waals surface area contributed by atoms with E-state index in [4.69, 9.17) is 24.7 Å². The molecule has 0 saturated heterocycles. The van der Waals surface area contributed by atoms with Crippen LogP contribution in [-0.2, 0) is 14.3 Å². The molecule has 0 aliphatic heterocycles. The average molecular weight is 365 g/mol. The molecule has 26 heavy (non-hydrogen) atoms. The second kappa shape index (κ2) is 10.6. The van der Waals surface area contributed by atoms with Crippen molar-refractivity contribution in [3.8, 4) is 11.5 Å². The standard InChI is InChI=1S/C17H23N3O6/c1-5-25-16(21)14(17(22)26-6-2)15(18)20-19-10-11-7-8-12(23-3)13(9-11)24-4/h7-10,21H,5-6H2,1-4H3,(H2,18,20)/b16-14-,19-10-. The van der Waals surface area contributed by atoms with E-state index in [1.165, 1.54) is 20.4 Å². The van der Waals surface area contributed by atoms with E-state index in [0.717, 1.165) is 0 Å². The van der Waals surface area contributed by atoms with Gasteiger partial charge in [-0.05, 0) is 37.6 Å². The van der Waals surface area contributed by atoms with E-state index in [1.807, 2.05) is 0 Å². The number of carbonyl (C=O) groups is 1. The molecule has 9 nitrogen and oxygen atoms in total. The molecule has 0 unspecified atom stereocenters. The molecule has 0 saturated carbocycles. The van der Waals surface area contributed by atoms with Crippen molar-refractivity contribution in [2.24, 2.45) is 15.9 Å². The Morgan fingerprint density at radius 2 is 1.81 bits per heavy atom. The monoisotopic (exact) mass is 365 g/mol. The van der Waals surface area contributed by atoms with Crippen molar-refractivity contribution >= 4 is 18.0 Å². The van der Waals surface area contributed by atoms with Crippen LogP contribution in [-0.4, -0.2) is 50.6 Å². The smallest absolute Gasteiger partial charge is 0.349 e. The van der Waals surface area contributed by atoms with Crippen LogP contribution in [0.1, 0.15) is 19.4 Å². The summed E-state index contributed by atoms with van der Waals surface area (Å²) in [4.78, 5) is 11.9. The van der Waals surface area contributed by atoms with Gasteiger partial charge in [-0.1, -0.05) is 0 Å². The topological polar surface area (TPSA) is 125 Å². The largest absolute Gasteiger partial charge is 0.493 e. The van der Waals surface area contributed by atoms with Crippen molar-refractivity contribution in [2.75, 3.05) is 27.4 Å². The summed E-state index contributed by atoms with van der Waals surface area (Å²) in [5.41, 5.74) is 6.01. The lowest BCUT2D eigenvalue weighted by atomic mass is 10.2. The average Bonchev–Trinajstić information content (AvgIpc) is 2.62. The second-order valence-corrected chi connectivity index (χ2v) is 4.68. The SMILES string of the molecule is CCOC(=O)C(=C(/O)OCC)/C(N)=N\N=C/c1ccc(OC)c(OC)c1. The molecule has 1 rings (SSSR count). The number of aliphatic hydroxyl groups is 1. The maximum atomic E-state index is 11.9. The molecule has 0 fully saturated rings. The molecule has 0 aromatic heterocycles. The number of methoxy groups -OCH3 is 2. The third-order valence-corrected chi connectivity index (χ3v) is 3.01. The third kappa shape index (κ3) is 5.69. The quantitative estimate of drug-likeness (QED) is 0.171. The molecule has 142 valence electrons. The number of nitrogens with two attached hydrogens (primary N) is 1. The van der Waals surface area contributed by atoms with Gasteiger partial charge in [0.2, 0.25) is 0 Å². The van der Waals surface area contributed by atoms with E-state index < -0.39 is 17.5 Å². The number of hydrogen-bond donors (Lipinski definition) is 2. The fourth-order valence-corrected chi connectivity index (χ4v) is 1.85. The second-order valence-electron chi connectivity index (χ2n) is 4.68. The van der Waals surface area contributed by atoms with Crippen molar-refractivity contribution in [3.05, 3.63) is 35.3 Å². The molecule has 0 radical (unpaired) electrons. The van der Waals surface area contributed by atoms with Gasteiger partial charge in [0.25, 0.3) is 5.95 Å². The zero-order chi connectivity index (χ0) is 19.5. The zero-order valence-corrected chi connectivity index (χ0v) is 15.2. The summed E-state index contributed by atoms with van der Waals surface area (Å²) < 4.78 is 20.1. The molecular weight excluding hydrogens is 342 g/mol. The van der Waals surface area contributed by atoms with Gasteiger partial charge in [0.1, 0.15) is 0 Å². The Kier molecular flexibility index (Phi) is 8.48. The maximum absolute atomic E-state index is 11.9. The van der Waals surface area contributed by atoms with Crippen molar-refractivity contribution in [2.45, 2.75) is 13.8 Å². The van der Waals surface area contributed by atoms with E-state index in [0.29, 0.717) is 17.1 Å². The Bertz CT molecular complexity index is 712. The minimum Gasteiger partial charge on any atom is -0.493 e. The molecular formula is C17H23N3O6. The Balaban J connectivity index is 3.07. The van der Waals surface area contributed by atoms with Crippen LogP contribution < -0.4 is 15.2 Å². The van der Waals surface area contributed by atoms with E-state index in [-0.39, 0.29) is 19.0 Å². The summed E-state index contributed by atoms with van der Waals surface area (Å²) >= 11 is 0. The first-order valence-corrected chi connectivity index (χ1v) is 7.80. The van der Waals surface area contributed by atoms with Crippen LogP contribution in [0.2, 0.25) is 0 Å². The predicted octanol–water partition coefficient (Wildman–Crippen LogP) is 1.76. The lowest BCUT2D eigenvalue weighted by Gasteiger charge is -2.08. The molecule has 0 atom stereocenters. The van der Waals surface area contributed by atoms with E-state index in [2.05, 4.69) is 10.2 Å². The number of benzene rings is 1. The molecule has 3 N–H and O–H groups in total. The summed E-state index contributed by atoms with van der Waals surface area (Å²) in [6.45, 7) is 3.50. The highest BCUT2D eigenvalue weighted by Crippen LogP contribution is 2.26. The fraction of sp³-hybridized carbons (Fsp3) is 0.353. The van der Waals surface area contributed by atoms with Gasteiger partial charge in [-0.2, -0.15) is 5.10 Å². The third-order valence-electron chi connectivity index (χ3n) is 3.01. The lowest BCUT2D eigenvalue weighted by Crippen LogP contribution is -2.25. The summed E-state index contributed by atoms with van der Waals surface area (Å²) in [7, 11) is 3.05. The lowest BCUT2D eigenvalue weighted by molar-refractivity contribution is -0.138. The van der Waals surface area contributed by atoms with Crippen molar-refractivity contribution in [3.63, 3.8) is 0 Å². The van der Waals surface area contributed by atoms with Gasteiger partial charge in [-0.3, -0.25) is 0 Å². The minimum atomic E-state index is -0.860. The highest BCUT2D eigenvalue weighted by molar-refractivity contribution is 6.18. The van der Waals surface area contributed by atoms with E-state index in [1.54, 1.807) is 32.0 Å². The Labute approximate surface area is 151 Å². The van der Waals surface area contributed by atoms with Gasteiger partial charge in [0.05, 0.1) is 33.6 Å². The van der Waals surface area contributed by atoms with Crippen LogP contribution in [0.3, 0.4) is 0 Å². The minimum absolute atomic E-state index is 0.101. The number of amidine groups is 1. The highest BCUT2D eigenvalue weighted by Gasteiger charge is 2.22. The number of aliphatic hydroxyl groups excluding tert-OH is 1. The molecule has 0 bridgehead atoms. The molecule has 1 aromatic rings. The van der Waals surface area contributed by atoms with Gasteiger partial charge in [0, 0.05) is 0 Å². The number of esters is 1. The van der Waals surface area contributed by atoms with Crippen LogP contribution in [0.25, 0.3) is 0 Å². The maximum Gasteiger partial charge on any atom is 0.349 e. The van der Waals surface area contributed by atoms with Crippen molar-refractivity contribution < 1.29 is 28.8 Å². The van der Waals surface area contributed by atoms with Crippen LogP contribution in [0.5, 0.6) is 11.5 Å². The van der Waals surface area contributed by atoms with Crippen LogP contribution >= 0.6 is 0 Å². The van der Waals surface area contributed by atoms with Crippen LogP contribution in [0.15, 0.2) is 39.9 Å². The van der Waals surface area contributed by atoms with Crippen molar-refractivity contribution in [1.29, 1.82) is 0 Å². The predicted molar refractivity (Wildman–Crippen MR) is 96.7 cm³/mol. The molecule has 9 heteroatoms. The van der Waals surface area contributed by atoms with Gasteiger partial charge >= 0.3 is 5.97 Å². The molecule has 0 aliphatic rings. The Morgan fingerprint density at radius 3 is 2.38 bits per heavy atom. The number of rotatable bonds is 9. The molecule has 1 aromatic carbocycles. The van der Waals surface area contributed by atoms with Gasteiger partial charge < -0.3 is 29.8 Å². The zero-order valence-electron chi connectivity index (χ0n) is 15.2. The summed E-state index contributed by atoms with van der Waals surface area (Å²) in [5, 5.41) is 17.4. The van der Waals surface area contributed by atoms with Crippen LogP contribution in [0.4, 0.5) is 0 Å². The van der Waals surface area contributed by atoms with Gasteiger partial charge in [0.15, 0.2) is 22.9 Å². The molecule has 0 amide bonds. The molecule has 0 heterocycles. The first-order chi connectivity index (χ1) is 12.5. The Morgan fingerprint density at radius 1 is 1.15 bits per heavy atom. The molecule has 0 aliphatic carbocycles. The van der Waals surface area contributed by atoms with E-state index in [9.17, 15) is 9.90 Å². The van der Waals surface area contributed by atoms with Crippen molar-refractivity contribution in [1.82, 2.24) is 0 Å². The number of nitrogens with zero attached hydrogens (tertiary/aromatic N) is 2. The number of carbonyl (C=O) groups excluding carboxylic acids is 1. The number of hydrogen-bond acceptors (Lipinski definition) is 8. The normalized spacial score (nSPS) is 12.5. The van der Waals surface area contributed by atoms with E-state index >= 15 is 0 Å². The summed E-state index contributed by atoms with van der Waals surface area (Å²) in [5.74, 6) is -0.781. The Hall–Kier alpha value is -3.23. The van der Waals surface area contributed by atoms with Crippen LogP contribution in [0, 0.1) is 0 Å². The van der Waals surface area contributed by atoms with Gasteiger partial charge in [-0.15, -0.1) is 5.10 Å². The first-order valence-electron chi connectivity index (χ1n) is 7.80. The fourth-order valence-electron chi connectivity index (χ4n) is 1.85. The highest BCUT2D eigenvalue weighted by atomic mass is 16.6. The summed E-state index contributed by atoms with van der Waals surface area (Å²) in [6.07, 6.45) is 1.40. The summed E-state index contributed by atoms with van der Waals surface area (Å²) in [6, 6.07) is 5.13. The first kappa shape index (κ1) is 20.8.